The maximum atomic E-state index is 10.4. The molecule has 0 radical (unpaired) electrons. The molecule has 0 aromatic rings. The van der Waals surface area contributed by atoms with Crippen LogP contribution in [0.1, 0.15) is 20.3 Å². The molecule has 1 unspecified atom stereocenters. The average Bonchev–Trinajstić information content (AvgIpc) is 1.83. The molecule has 3 heteroatoms. The zero-order valence-electron chi connectivity index (χ0n) is 6.31. The van der Waals surface area contributed by atoms with Gasteiger partial charge in [-0.1, -0.05) is 13.8 Å². The van der Waals surface area contributed by atoms with Crippen molar-refractivity contribution < 1.29 is 4.79 Å². The molecule has 0 aromatic carbocycles. The standard InChI is InChI=1S/C6H13BOS/c1-3-5(2)9-4-6(7)8/h5H,3-4,7H2,1-2H3. The van der Waals surface area contributed by atoms with Crippen LogP contribution in [0.2, 0.25) is 0 Å². The zero-order chi connectivity index (χ0) is 7.28. The van der Waals surface area contributed by atoms with E-state index in [1.54, 1.807) is 19.6 Å². The number of carbonyl (C=O) groups excluding carboxylic acids is 1. The second-order valence-corrected chi connectivity index (χ2v) is 3.66. The largest absolute Gasteiger partial charge is 0.311 e. The van der Waals surface area contributed by atoms with Crippen molar-refractivity contribution in [3.05, 3.63) is 0 Å². The SMILES string of the molecule is BC(=O)CSC(C)CC. The number of hydrogen-bond donors (Lipinski definition) is 0. The lowest BCUT2D eigenvalue weighted by Gasteiger charge is -2.04. The van der Waals surface area contributed by atoms with Crippen LogP contribution < -0.4 is 0 Å². The van der Waals surface area contributed by atoms with E-state index in [1.165, 1.54) is 0 Å². The van der Waals surface area contributed by atoms with Gasteiger partial charge in [-0.15, -0.1) is 0 Å². The van der Waals surface area contributed by atoms with Crippen molar-refractivity contribution >= 4 is 25.3 Å². The van der Waals surface area contributed by atoms with Gasteiger partial charge in [-0.05, 0) is 6.42 Å². The Kier molecular flexibility index (Phi) is 4.96. The minimum absolute atomic E-state index is 0.278. The molecule has 0 N–H and O–H groups in total. The Balaban J connectivity index is 3.16. The summed E-state index contributed by atoms with van der Waals surface area (Å²) >= 11 is 1.73. The second-order valence-electron chi connectivity index (χ2n) is 2.23. The Morgan fingerprint density at radius 3 is 2.67 bits per heavy atom. The van der Waals surface area contributed by atoms with Gasteiger partial charge < -0.3 is 4.79 Å². The predicted octanol–water partition coefficient (Wildman–Crippen LogP) is 0.678. The molecule has 0 aliphatic rings. The predicted molar refractivity (Wildman–Crippen MR) is 45.8 cm³/mol. The molecule has 0 fully saturated rings. The summed E-state index contributed by atoms with van der Waals surface area (Å²) in [5, 5.41) is 0.633. The fourth-order valence-corrected chi connectivity index (χ4v) is 1.13. The molecule has 0 aliphatic carbocycles. The lowest BCUT2D eigenvalue weighted by Crippen LogP contribution is -2.03. The first-order valence-corrected chi connectivity index (χ1v) is 4.32. The third kappa shape index (κ3) is 5.96. The van der Waals surface area contributed by atoms with E-state index < -0.39 is 0 Å². The van der Waals surface area contributed by atoms with Crippen LogP contribution in [0.15, 0.2) is 0 Å². The molecule has 9 heavy (non-hydrogen) atoms. The summed E-state index contributed by atoms with van der Waals surface area (Å²) in [7, 11) is 1.63. The van der Waals surface area contributed by atoms with Crippen molar-refractivity contribution in [3.63, 3.8) is 0 Å². The Labute approximate surface area is 62.0 Å². The van der Waals surface area contributed by atoms with Gasteiger partial charge in [0.1, 0.15) is 0 Å². The van der Waals surface area contributed by atoms with E-state index >= 15 is 0 Å². The van der Waals surface area contributed by atoms with E-state index in [0.29, 0.717) is 11.0 Å². The van der Waals surface area contributed by atoms with Gasteiger partial charge in [-0.2, -0.15) is 11.8 Å². The van der Waals surface area contributed by atoms with Crippen molar-refractivity contribution in [2.24, 2.45) is 0 Å². The monoisotopic (exact) mass is 144 g/mol. The lowest BCUT2D eigenvalue weighted by atomic mass is 10.1. The third-order valence-corrected chi connectivity index (χ3v) is 2.62. The molecule has 52 valence electrons. The van der Waals surface area contributed by atoms with Crippen LogP contribution in [0.4, 0.5) is 0 Å². The van der Waals surface area contributed by atoms with Crippen molar-refractivity contribution in [1.82, 2.24) is 0 Å². The van der Waals surface area contributed by atoms with Crippen LogP contribution in [0.5, 0.6) is 0 Å². The summed E-state index contributed by atoms with van der Waals surface area (Å²) in [5.41, 5.74) is 0.278. The van der Waals surface area contributed by atoms with Gasteiger partial charge in [-0.25, -0.2) is 0 Å². The van der Waals surface area contributed by atoms with Crippen LogP contribution in [0.3, 0.4) is 0 Å². The van der Waals surface area contributed by atoms with Crippen molar-refractivity contribution in [2.75, 3.05) is 5.75 Å². The average molecular weight is 144 g/mol. The maximum absolute atomic E-state index is 10.4. The molecule has 0 saturated carbocycles. The topological polar surface area (TPSA) is 17.1 Å². The molecule has 0 amide bonds. The maximum Gasteiger partial charge on any atom is 0.188 e. The van der Waals surface area contributed by atoms with E-state index in [4.69, 9.17) is 0 Å². The van der Waals surface area contributed by atoms with Gasteiger partial charge >= 0.3 is 0 Å². The normalized spacial score (nSPS) is 13.1. The van der Waals surface area contributed by atoms with E-state index in [0.717, 1.165) is 6.42 Å². The third-order valence-electron chi connectivity index (χ3n) is 1.15. The summed E-state index contributed by atoms with van der Waals surface area (Å²) < 4.78 is 0. The molecule has 0 rings (SSSR count). The molecule has 0 aromatic heterocycles. The molecular weight excluding hydrogens is 131 g/mol. The van der Waals surface area contributed by atoms with Gasteiger partial charge in [0.2, 0.25) is 0 Å². The smallest absolute Gasteiger partial charge is 0.188 e. The molecule has 1 nitrogen and oxygen atoms in total. The van der Waals surface area contributed by atoms with Crippen molar-refractivity contribution in [2.45, 2.75) is 25.5 Å². The van der Waals surface area contributed by atoms with E-state index in [9.17, 15) is 4.79 Å². The first-order chi connectivity index (χ1) is 4.16. The molecule has 0 aliphatic heterocycles. The summed E-state index contributed by atoms with van der Waals surface area (Å²) in [6.07, 6.45) is 1.15. The van der Waals surface area contributed by atoms with E-state index in [1.807, 2.05) is 0 Å². The molecular formula is C6H13BOS. The number of carbonyl (C=O) groups is 1. The Hall–Kier alpha value is 0.0849. The second kappa shape index (κ2) is 4.92. The van der Waals surface area contributed by atoms with Crippen molar-refractivity contribution in [3.8, 4) is 0 Å². The molecule has 0 bridgehead atoms. The first-order valence-electron chi connectivity index (χ1n) is 3.27. The zero-order valence-corrected chi connectivity index (χ0v) is 7.12. The lowest BCUT2D eigenvalue weighted by molar-refractivity contribution is -0.109. The Morgan fingerprint density at radius 1 is 1.78 bits per heavy atom. The highest BCUT2D eigenvalue weighted by Crippen LogP contribution is 2.11. The van der Waals surface area contributed by atoms with Gasteiger partial charge in [0.05, 0.1) is 5.68 Å². The Bertz CT molecular complexity index is 95.1. The van der Waals surface area contributed by atoms with Gasteiger partial charge in [0.15, 0.2) is 7.85 Å². The number of hydrogen-bond acceptors (Lipinski definition) is 2. The van der Waals surface area contributed by atoms with Crippen LogP contribution in [0.25, 0.3) is 0 Å². The minimum Gasteiger partial charge on any atom is -0.311 e. The molecule has 0 saturated heterocycles. The number of thioether (sulfide) groups is 1. The van der Waals surface area contributed by atoms with Gasteiger partial charge in [-0.3, -0.25) is 0 Å². The van der Waals surface area contributed by atoms with Gasteiger partial charge in [0.25, 0.3) is 0 Å². The summed E-state index contributed by atoms with van der Waals surface area (Å²) in [5.74, 6) is 0.676. The van der Waals surface area contributed by atoms with Crippen LogP contribution in [-0.2, 0) is 4.79 Å². The van der Waals surface area contributed by atoms with Crippen LogP contribution in [0, 0.1) is 0 Å². The Morgan fingerprint density at radius 2 is 2.33 bits per heavy atom. The quantitative estimate of drug-likeness (QED) is 0.539. The minimum atomic E-state index is 0.278. The molecule has 1 atom stereocenters. The molecule has 0 spiro atoms. The van der Waals surface area contributed by atoms with E-state index in [-0.39, 0.29) is 5.68 Å². The highest BCUT2D eigenvalue weighted by Gasteiger charge is 1.99. The fourth-order valence-electron chi connectivity index (χ4n) is 0.377. The fraction of sp³-hybridized carbons (Fsp3) is 0.833. The summed E-state index contributed by atoms with van der Waals surface area (Å²) in [6, 6.07) is 0. The highest BCUT2D eigenvalue weighted by molar-refractivity contribution is 8.00. The molecule has 0 heterocycles. The highest BCUT2D eigenvalue weighted by atomic mass is 32.2. The summed E-state index contributed by atoms with van der Waals surface area (Å²) in [6.45, 7) is 4.28. The first kappa shape index (κ1) is 9.08. The van der Waals surface area contributed by atoms with Gasteiger partial charge in [0, 0.05) is 11.0 Å². The van der Waals surface area contributed by atoms with Crippen LogP contribution >= 0.6 is 11.8 Å². The van der Waals surface area contributed by atoms with Crippen molar-refractivity contribution in [1.29, 1.82) is 0 Å². The van der Waals surface area contributed by atoms with Crippen LogP contribution in [-0.4, -0.2) is 24.5 Å². The number of rotatable bonds is 4. The van der Waals surface area contributed by atoms with E-state index in [2.05, 4.69) is 13.8 Å². The summed E-state index contributed by atoms with van der Waals surface area (Å²) in [4.78, 5) is 10.4.